The number of nitrogens with zero attached hydrogens (tertiary/aromatic N) is 1. The zero-order valence-electron chi connectivity index (χ0n) is 9.82. The van der Waals surface area contributed by atoms with Crippen LogP contribution in [0.5, 0.6) is 0 Å². The van der Waals surface area contributed by atoms with Crippen molar-refractivity contribution in [3.8, 4) is 0 Å². The standard InChI is InChI=1S/C13H16ClNO2/c1-9-4-5-15(7-9)8-11-3-2-10(13(16)17)6-12(11)14/h2-3,6,9H,4-5,7-8H2,1H3,(H,16,17). The molecule has 92 valence electrons. The highest BCUT2D eigenvalue weighted by atomic mass is 35.5. The van der Waals surface area contributed by atoms with Crippen molar-refractivity contribution >= 4 is 17.6 Å². The maximum absolute atomic E-state index is 10.8. The molecule has 1 aromatic carbocycles. The summed E-state index contributed by atoms with van der Waals surface area (Å²) in [5.41, 5.74) is 1.25. The largest absolute Gasteiger partial charge is 0.478 e. The summed E-state index contributed by atoms with van der Waals surface area (Å²) in [4.78, 5) is 13.1. The Balaban J connectivity index is 2.09. The number of hydrogen-bond donors (Lipinski definition) is 1. The minimum atomic E-state index is -0.937. The van der Waals surface area contributed by atoms with E-state index < -0.39 is 5.97 Å². The third-order valence-corrected chi connectivity index (χ3v) is 3.55. The van der Waals surface area contributed by atoms with Crippen molar-refractivity contribution in [2.24, 2.45) is 5.92 Å². The Morgan fingerprint density at radius 2 is 2.35 bits per heavy atom. The van der Waals surface area contributed by atoms with Crippen LogP contribution >= 0.6 is 11.6 Å². The molecule has 1 atom stereocenters. The van der Waals surface area contributed by atoms with E-state index in [0.29, 0.717) is 5.02 Å². The zero-order valence-corrected chi connectivity index (χ0v) is 10.6. The van der Waals surface area contributed by atoms with E-state index in [1.54, 1.807) is 6.07 Å². The Morgan fingerprint density at radius 1 is 1.59 bits per heavy atom. The maximum atomic E-state index is 10.8. The molecule has 1 saturated heterocycles. The second kappa shape index (κ2) is 5.07. The molecular formula is C13H16ClNO2. The van der Waals surface area contributed by atoms with Gasteiger partial charge in [0, 0.05) is 18.1 Å². The van der Waals surface area contributed by atoms with Crippen LogP contribution in [0.4, 0.5) is 0 Å². The van der Waals surface area contributed by atoms with Gasteiger partial charge in [0.2, 0.25) is 0 Å². The number of hydrogen-bond acceptors (Lipinski definition) is 2. The van der Waals surface area contributed by atoms with E-state index in [1.807, 2.05) is 6.07 Å². The van der Waals surface area contributed by atoms with E-state index in [1.165, 1.54) is 12.5 Å². The topological polar surface area (TPSA) is 40.5 Å². The van der Waals surface area contributed by atoms with Gasteiger partial charge >= 0.3 is 5.97 Å². The molecule has 3 nitrogen and oxygen atoms in total. The van der Waals surface area contributed by atoms with Crippen molar-refractivity contribution in [2.75, 3.05) is 13.1 Å². The first-order chi connectivity index (χ1) is 8.06. The summed E-state index contributed by atoms with van der Waals surface area (Å²) < 4.78 is 0. The fourth-order valence-electron chi connectivity index (χ4n) is 2.22. The Kier molecular flexibility index (Phi) is 3.69. The van der Waals surface area contributed by atoms with Gasteiger partial charge in [-0.05, 0) is 36.6 Å². The molecule has 1 unspecified atom stereocenters. The number of aromatic carboxylic acids is 1. The molecule has 0 bridgehead atoms. The lowest BCUT2D eigenvalue weighted by Gasteiger charge is -2.16. The molecule has 0 aromatic heterocycles. The van der Waals surface area contributed by atoms with Gasteiger partial charge < -0.3 is 5.11 Å². The van der Waals surface area contributed by atoms with Gasteiger partial charge in [0.1, 0.15) is 0 Å². The molecule has 4 heteroatoms. The van der Waals surface area contributed by atoms with Crippen LogP contribution in [0.15, 0.2) is 18.2 Å². The summed E-state index contributed by atoms with van der Waals surface area (Å²) in [6, 6.07) is 4.95. The quantitative estimate of drug-likeness (QED) is 0.901. The molecule has 0 amide bonds. The maximum Gasteiger partial charge on any atom is 0.335 e. The van der Waals surface area contributed by atoms with Gasteiger partial charge in [-0.2, -0.15) is 0 Å². The summed E-state index contributed by atoms with van der Waals surface area (Å²) in [5.74, 6) is -0.194. The van der Waals surface area contributed by atoms with Crippen LogP contribution < -0.4 is 0 Å². The van der Waals surface area contributed by atoms with E-state index >= 15 is 0 Å². The molecule has 1 heterocycles. The van der Waals surface area contributed by atoms with Gasteiger partial charge in [-0.15, -0.1) is 0 Å². The van der Waals surface area contributed by atoms with E-state index in [2.05, 4.69) is 11.8 Å². The number of carbonyl (C=O) groups is 1. The van der Waals surface area contributed by atoms with Crippen LogP contribution in [-0.4, -0.2) is 29.1 Å². The Labute approximate surface area is 106 Å². The average Bonchev–Trinajstić information content (AvgIpc) is 2.67. The Bertz CT molecular complexity index is 433. The number of likely N-dealkylation sites (tertiary alicyclic amines) is 1. The Hall–Kier alpha value is -1.06. The smallest absolute Gasteiger partial charge is 0.335 e. The predicted molar refractivity (Wildman–Crippen MR) is 67.5 cm³/mol. The second-order valence-corrected chi connectivity index (χ2v) is 5.15. The van der Waals surface area contributed by atoms with Crippen LogP contribution in [0.1, 0.15) is 29.3 Å². The van der Waals surface area contributed by atoms with E-state index in [-0.39, 0.29) is 5.56 Å². The van der Waals surface area contributed by atoms with Crippen LogP contribution in [0.3, 0.4) is 0 Å². The SMILES string of the molecule is CC1CCN(Cc2ccc(C(=O)O)cc2Cl)C1. The monoisotopic (exact) mass is 253 g/mol. The van der Waals surface area contributed by atoms with E-state index in [4.69, 9.17) is 16.7 Å². The molecule has 0 aliphatic carbocycles. The fourth-order valence-corrected chi connectivity index (χ4v) is 2.46. The third-order valence-electron chi connectivity index (χ3n) is 3.20. The summed E-state index contributed by atoms with van der Waals surface area (Å²) in [5, 5.41) is 9.40. The minimum Gasteiger partial charge on any atom is -0.478 e. The first-order valence-corrected chi connectivity index (χ1v) is 6.18. The lowest BCUT2D eigenvalue weighted by Crippen LogP contribution is -2.19. The Morgan fingerprint density at radius 3 is 2.88 bits per heavy atom. The van der Waals surface area contributed by atoms with Gasteiger partial charge in [0.25, 0.3) is 0 Å². The normalized spacial score (nSPS) is 20.7. The molecule has 1 aliphatic heterocycles. The molecule has 1 fully saturated rings. The molecule has 0 radical (unpaired) electrons. The highest BCUT2D eigenvalue weighted by Gasteiger charge is 2.19. The van der Waals surface area contributed by atoms with Crippen molar-refractivity contribution in [1.82, 2.24) is 4.90 Å². The van der Waals surface area contributed by atoms with Crippen LogP contribution in [0, 0.1) is 5.92 Å². The van der Waals surface area contributed by atoms with Crippen LogP contribution in [-0.2, 0) is 6.54 Å². The third kappa shape index (κ3) is 2.99. The first-order valence-electron chi connectivity index (χ1n) is 5.80. The summed E-state index contributed by atoms with van der Waals surface area (Å²) >= 11 is 6.10. The number of halogens is 1. The zero-order chi connectivity index (χ0) is 12.4. The van der Waals surface area contributed by atoms with Gasteiger partial charge in [0.05, 0.1) is 5.56 Å². The van der Waals surface area contributed by atoms with Crippen LogP contribution in [0.25, 0.3) is 0 Å². The van der Waals surface area contributed by atoms with Crippen molar-refractivity contribution in [3.05, 3.63) is 34.3 Å². The van der Waals surface area contributed by atoms with E-state index in [9.17, 15) is 4.79 Å². The van der Waals surface area contributed by atoms with Crippen molar-refractivity contribution in [2.45, 2.75) is 19.9 Å². The summed E-state index contributed by atoms with van der Waals surface area (Å²) in [6.45, 7) is 5.24. The van der Waals surface area contributed by atoms with E-state index in [0.717, 1.165) is 31.1 Å². The first kappa shape index (κ1) is 12.4. The molecule has 17 heavy (non-hydrogen) atoms. The lowest BCUT2D eigenvalue weighted by atomic mass is 10.1. The number of carboxylic acids is 1. The van der Waals surface area contributed by atoms with Gasteiger partial charge in [0.15, 0.2) is 0 Å². The second-order valence-electron chi connectivity index (χ2n) is 4.74. The van der Waals surface area contributed by atoms with Gasteiger partial charge in [-0.25, -0.2) is 4.79 Å². The molecule has 1 aromatic rings. The average molecular weight is 254 g/mol. The number of carboxylic acid groups (broad SMARTS) is 1. The van der Waals surface area contributed by atoms with Crippen molar-refractivity contribution in [3.63, 3.8) is 0 Å². The molecule has 1 N–H and O–H groups in total. The van der Waals surface area contributed by atoms with Gasteiger partial charge in [-0.1, -0.05) is 24.6 Å². The van der Waals surface area contributed by atoms with Crippen molar-refractivity contribution < 1.29 is 9.90 Å². The summed E-state index contributed by atoms with van der Waals surface area (Å²) in [7, 11) is 0. The highest BCUT2D eigenvalue weighted by molar-refractivity contribution is 6.31. The predicted octanol–water partition coefficient (Wildman–Crippen LogP) is 2.88. The van der Waals surface area contributed by atoms with Gasteiger partial charge in [-0.3, -0.25) is 4.90 Å². The fraction of sp³-hybridized carbons (Fsp3) is 0.462. The molecule has 1 aliphatic rings. The molecule has 0 saturated carbocycles. The lowest BCUT2D eigenvalue weighted by molar-refractivity contribution is 0.0697. The molecule has 2 rings (SSSR count). The highest BCUT2D eigenvalue weighted by Crippen LogP contribution is 2.23. The molecular weight excluding hydrogens is 238 g/mol. The molecule has 0 spiro atoms. The number of benzene rings is 1. The summed E-state index contributed by atoms with van der Waals surface area (Å²) in [6.07, 6.45) is 1.23. The van der Waals surface area contributed by atoms with Crippen LogP contribution in [0.2, 0.25) is 5.02 Å². The minimum absolute atomic E-state index is 0.244. The van der Waals surface area contributed by atoms with Crippen molar-refractivity contribution in [1.29, 1.82) is 0 Å². The number of rotatable bonds is 3.